The number of fused-ring (bicyclic) bond motifs is 1. The fourth-order valence-corrected chi connectivity index (χ4v) is 4.38. The van der Waals surface area contributed by atoms with Gasteiger partial charge in [0.2, 0.25) is 0 Å². The molecule has 0 amide bonds. The number of ether oxygens (including phenoxy) is 1. The van der Waals surface area contributed by atoms with Crippen LogP contribution in [0.1, 0.15) is 17.1 Å². The molecule has 1 saturated heterocycles. The first kappa shape index (κ1) is 21.4. The van der Waals surface area contributed by atoms with E-state index >= 15 is 0 Å². The topological polar surface area (TPSA) is 81.9 Å². The van der Waals surface area contributed by atoms with Crippen LogP contribution in [0.2, 0.25) is 0 Å². The van der Waals surface area contributed by atoms with E-state index in [4.69, 9.17) is 4.74 Å². The summed E-state index contributed by atoms with van der Waals surface area (Å²) in [5.41, 5.74) is 6.05. The molecule has 168 valence electrons. The summed E-state index contributed by atoms with van der Waals surface area (Å²) < 4.78 is 7.63. The number of hydrogen-bond donors (Lipinski definition) is 1. The van der Waals surface area contributed by atoms with Crippen LogP contribution in [0.15, 0.2) is 53.5 Å². The molecule has 7 heteroatoms. The van der Waals surface area contributed by atoms with Crippen molar-refractivity contribution in [3.05, 3.63) is 76.1 Å². The van der Waals surface area contributed by atoms with E-state index in [0.29, 0.717) is 36.7 Å². The number of nitrogens with zero attached hydrogens (tertiary/aromatic N) is 4. The lowest BCUT2D eigenvalue weighted by Crippen LogP contribution is -2.42. The second-order valence-electron chi connectivity index (χ2n) is 8.56. The Morgan fingerprint density at radius 3 is 2.73 bits per heavy atom. The average molecular weight is 442 g/mol. The van der Waals surface area contributed by atoms with Crippen LogP contribution in [0.4, 0.5) is 0 Å². The van der Waals surface area contributed by atoms with Gasteiger partial charge in [-0.2, -0.15) is 0 Å². The van der Waals surface area contributed by atoms with Gasteiger partial charge in [0.05, 0.1) is 24.9 Å². The van der Waals surface area contributed by atoms with E-state index in [0.717, 1.165) is 40.0 Å². The van der Waals surface area contributed by atoms with E-state index in [1.807, 2.05) is 57.2 Å². The van der Waals surface area contributed by atoms with Crippen LogP contribution in [-0.4, -0.2) is 45.3 Å². The summed E-state index contributed by atoms with van der Waals surface area (Å²) in [4.78, 5) is 27.3. The van der Waals surface area contributed by atoms with E-state index in [2.05, 4.69) is 26.3 Å². The molecule has 1 aliphatic heterocycles. The Morgan fingerprint density at radius 1 is 1.09 bits per heavy atom. The number of rotatable bonds is 4. The van der Waals surface area contributed by atoms with Crippen LogP contribution in [-0.2, 0) is 11.3 Å². The molecule has 0 saturated carbocycles. The largest absolute Gasteiger partial charge is 0.374 e. The molecule has 0 spiro atoms. The first-order valence-corrected chi connectivity index (χ1v) is 11.2. The highest BCUT2D eigenvalue weighted by molar-refractivity contribution is 5.82. The minimum Gasteiger partial charge on any atom is -0.374 e. The molecule has 1 fully saturated rings. The third-order valence-corrected chi connectivity index (χ3v) is 6.04. The first-order chi connectivity index (χ1) is 16.0. The van der Waals surface area contributed by atoms with Crippen molar-refractivity contribution in [1.82, 2.24) is 24.8 Å². The molecular formula is C26H27N5O2. The second kappa shape index (κ2) is 8.84. The quantitative estimate of drug-likeness (QED) is 0.523. The number of nitrogens with one attached hydrogen (secondary N) is 1. The lowest BCUT2D eigenvalue weighted by molar-refractivity contribution is 0.0183. The van der Waals surface area contributed by atoms with Gasteiger partial charge in [0.15, 0.2) is 0 Å². The lowest BCUT2D eigenvalue weighted by Gasteiger charge is -2.25. The Kier molecular flexibility index (Phi) is 5.74. The summed E-state index contributed by atoms with van der Waals surface area (Å²) in [5.74, 6) is 0.636. The molecule has 1 aromatic carbocycles. The fourth-order valence-electron chi connectivity index (χ4n) is 4.38. The highest BCUT2D eigenvalue weighted by atomic mass is 16.5. The van der Waals surface area contributed by atoms with E-state index in [1.165, 1.54) is 0 Å². The molecule has 0 unspecified atom stereocenters. The third kappa shape index (κ3) is 4.29. The molecular weight excluding hydrogens is 414 g/mol. The number of hydrogen-bond acceptors (Lipinski definition) is 6. The lowest BCUT2D eigenvalue weighted by atomic mass is 9.97. The van der Waals surface area contributed by atoms with Gasteiger partial charge in [-0.05, 0) is 56.2 Å². The van der Waals surface area contributed by atoms with E-state index in [1.54, 1.807) is 10.8 Å². The Balaban J connectivity index is 1.63. The van der Waals surface area contributed by atoms with Crippen molar-refractivity contribution in [2.45, 2.75) is 33.4 Å². The van der Waals surface area contributed by atoms with Gasteiger partial charge in [-0.3, -0.25) is 14.3 Å². The van der Waals surface area contributed by atoms with E-state index < -0.39 is 0 Å². The number of aromatic nitrogens is 4. The summed E-state index contributed by atoms with van der Waals surface area (Å²) in [6, 6.07) is 14.0. The van der Waals surface area contributed by atoms with Crippen molar-refractivity contribution in [3.8, 4) is 22.4 Å². The van der Waals surface area contributed by atoms with Crippen LogP contribution in [0.25, 0.3) is 33.4 Å². The molecule has 33 heavy (non-hydrogen) atoms. The normalized spacial score (nSPS) is 16.3. The van der Waals surface area contributed by atoms with Crippen LogP contribution in [0, 0.1) is 20.8 Å². The zero-order valence-electron chi connectivity index (χ0n) is 19.1. The maximum absolute atomic E-state index is 13.7. The van der Waals surface area contributed by atoms with Crippen LogP contribution in [0.3, 0.4) is 0 Å². The van der Waals surface area contributed by atoms with Gasteiger partial charge >= 0.3 is 0 Å². The van der Waals surface area contributed by atoms with E-state index in [9.17, 15) is 4.79 Å². The molecule has 0 aliphatic carbocycles. The zero-order valence-corrected chi connectivity index (χ0v) is 19.1. The summed E-state index contributed by atoms with van der Waals surface area (Å²) in [5, 5.41) is 4.17. The van der Waals surface area contributed by atoms with Gasteiger partial charge in [-0.1, -0.05) is 18.2 Å². The van der Waals surface area contributed by atoms with Crippen LogP contribution >= 0.6 is 0 Å². The summed E-state index contributed by atoms with van der Waals surface area (Å²) >= 11 is 0. The maximum atomic E-state index is 13.7. The predicted octanol–water partition coefficient (Wildman–Crippen LogP) is 3.43. The minimum atomic E-state index is -0.0824. The number of aryl methyl sites for hydroxylation is 3. The standard InChI is InChI=1S/C26H27N5O2/c1-16-11-19(24-6-4-5-17(2)29-24)7-8-22(16)23-12-20-13-28-18(3)30-25(20)31(26(23)32)15-21-14-27-9-10-33-21/h4-8,11-13,21,27H,9-10,14-15H2,1-3H3/t21-/m1/s1. The Hall–Kier alpha value is -3.42. The Morgan fingerprint density at radius 2 is 1.97 bits per heavy atom. The Labute approximate surface area is 192 Å². The monoisotopic (exact) mass is 441 g/mol. The van der Waals surface area contributed by atoms with Gasteiger partial charge in [0.1, 0.15) is 11.5 Å². The highest BCUT2D eigenvalue weighted by Gasteiger charge is 2.20. The van der Waals surface area contributed by atoms with Gasteiger partial charge in [0, 0.05) is 41.5 Å². The number of pyridine rings is 2. The summed E-state index contributed by atoms with van der Waals surface area (Å²) in [6.07, 6.45) is 1.71. The smallest absolute Gasteiger partial charge is 0.260 e. The van der Waals surface area contributed by atoms with Crippen LogP contribution in [0.5, 0.6) is 0 Å². The molecule has 0 bridgehead atoms. The predicted molar refractivity (Wildman–Crippen MR) is 129 cm³/mol. The molecule has 1 N–H and O–H groups in total. The van der Waals surface area contributed by atoms with Crippen molar-refractivity contribution in [2.75, 3.05) is 19.7 Å². The van der Waals surface area contributed by atoms with Gasteiger partial charge < -0.3 is 10.1 Å². The third-order valence-electron chi connectivity index (χ3n) is 6.04. The number of benzene rings is 1. The zero-order chi connectivity index (χ0) is 22.9. The fraction of sp³-hybridized carbons (Fsp3) is 0.308. The minimum absolute atomic E-state index is 0.0701. The Bertz CT molecular complexity index is 1390. The second-order valence-corrected chi connectivity index (χ2v) is 8.56. The van der Waals surface area contributed by atoms with Gasteiger partial charge in [-0.25, -0.2) is 9.97 Å². The maximum Gasteiger partial charge on any atom is 0.260 e. The van der Waals surface area contributed by atoms with Crippen molar-refractivity contribution in [3.63, 3.8) is 0 Å². The molecule has 4 aromatic rings. The van der Waals surface area contributed by atoms with Crippen molar-refractivity contribution < 1.29 is 4.74 Å². The molecule has 4 heterocycles. The van der Waals surface area contributed by atoms with E-state index in [-0.39, 0.29) is 11.7 Å². The van der Waals surface area contributed by atoms with Gasteiger partial charge in [-0.15, -0.1) is 0 Å². The first-order valence-electron chi connectivity index (χ1n) is 11.2. The van der Waals surface area contributed by atoms with Gasteiger partial charge in [0.25, 0.3) is 5.56 Å². The molecule has 1 atom stereocenters. The molecule has 1 aliphatic rings. The summed E-state index contributed by atoms with van der Waals surface area (Å²) in [6.45, 7) is 8.47. The molecule has 0 radical (unpaired) electrons. The summed E-state index contributed by atoms with van der Waals surface area (Å²) in [7, 11) is 0. The molecule has 7 nitrogen and oxygen atoms in total. The van der Waals surface area contributed by atoms with Crippen LogP contribution < -0.4 is 10.9 Å². The molecule has 3 aromatic heterocycles. The SMILES string of the molecule is Cc1cccc(-c2ccc(-c3cc4cnc(C)nc4n(C[C@H]4CNCCO4)c3=O)c(C)c2)n1. The van der Waals surface area contributed by atoms with Crippen molar-refractivity contribution >= 4 is 11.0 Å². The number of morpholine rings is 1. The van der Waals surface area contributed by atoms with Crippen molar-refractivity contribution in [2.24, 2.45) is 0 Å². The highest BCUT2D eigenvalue weighted by Crippen LogP contribution is 2.28. The van der Waals surface area contributed by atoms with Crippen molar-refractivity contribution in [1.29, 1.82) is 0 Å². The average Bonchev–Trinajstić information content (AvgIpc) is 2.82. The molecule has 5 rings (SSSR count).